The SMILES string of the molecule is Cn1cc(-c2ccc(-c3cnn4ccnc(C5CCC(C(N)=O)CC5)c34)cc2)cn1. The van der Waals surface area contributed by atoms with Gasteiger partial charge >= 0.3 is 0 Å². The van der Waals surface area contributed by atoms with Crippen molar-refractivity contribution < 1.29 is 4.79 Å². The molecule has 4 aromatic rings. The smallest absolute Gasteiger partial charge is 0.220 e. The predicted octanol–water partition coefficient (Wildman–Crippen LogP) is 3.56. The second-order valence-corrected chi connectivity index (χ2v) is 8.09. The fourth-order valence-electron chi connectivity index (χ4n) is 4.54. The Hall–Kier alpha value is -3.48. The lowest BCUT2D eigenvalue weighted by Crippen LogP contribution is -2.27. The highest BCUT2D eigenvalue weighted by Crippen LogP contribution is 2.39. The number of aromatic nitrogens is 5. The molecule has 0 radical (unpaired) electrons. The fraction of sp³-hybridized carbons (Fsp3) is 0.304. The maximum absolute atomic E-state index is 11.5. The zero-order chi connectivity index (χ0) is 20.7. The summed E-state index contributed by atoms with van der Waals surface area (Å²) in [5, 5.41) is 8.82. The van der Waals surface area contributed by atoms with Gasteiger partial charge in [-0.3, -0.25) is 14.5 Å². The molecule has 0 aliphatic heterocycles. The van der Waals surface area contributed by atoms with Crippen molar-refractivity contribution in [3.8, 4) is 22.3 Å². The summed E-state index contributed by atoms with van der Waals surface area (Å²) < 4.78 is 3.71. The average Bonchev–Trinajstić information content (AvgIpc) is 3.40. The van der Waals surface area contributed by atoms with Gasteiger partial charge in [0.05, 0.1) is 23.6 Å². The molecular formula is C23H24N6O. The molecule has 1 aliphatic carbocycles. The third-order valence-corrected chi connectivity index (χ3v) is 6.21. The first-order chi connectivity index (χ1) is 14.6. The number of carbonyl (C=O) groups excluding carboxylic acids is 1. The van der Waals surface area contributed by atoms with Crippen LogP contribution in [-0.2, 0) is 11.8 Å². The van der Waals surface area contributed by atoms with Gasteiger partial charge in [-0.05, 0) is 36.8 Å². The number of fused-ring (bicyclic) bond motifs is 1. The lowest BCUT2D eigenvalue weighted by Gasteiger charge is -2.26. The number of benzene rings is 1. The van der Waals surface area contributed by atoms with Crippen LogP contribution in [0, 0.1) is 5.92 Å². The Morgan fingerprint density at radius 2 is 1.73 bits per heavy atom. The standard InChI is InChI=1S/C23H24N6O/c1-28-14-19(12-26-28)15-2-4-16(5-3-15)20-13-27-29-11-10-25-21(22(20)29)17-6-8-18(9-7-17)23(24)30/h2-5,10-14,17-18H,6-9H2,1H3,(H2,24,30). The van der Waals surface area contributed by atoms with E-state index in [1.54, 1.807) is 4.68 Å². The minimum absolute atomic E-state index is 0.00890. The van der Waals surface area contributed by atoms with Crippen molar-refractivity contribution in [2.24, 2.45) is 18.7 Å². The van der Waals surface area contributed by atoms with Gasteiger partial charge in [-0.25, -0.2) is 4.52 Å². The van der Waals surface area contributed by atoms with Gasteiger partial charge in [0.15, 0.2) is 0 Å². The summed E-state index contributed by atoms with van der Waals surface area (Å²) in [4.78, 5) is 16.3. The third-order valence-electron chi connectivity index (χ3n) is 6.21. The van der Waals surface area contributed by atoms with Crippen molar-refractivity contribution >= 4 is 11.4 Å². The molecule has 1 saturated carbocycles. The molecule has 0 atom stereocenters. The average molecular weight is 400 g/mol. The van der Waals surface area contributed by atoms with Crippen LogP contribution in [0.15, 0.2) is 55.2 Å². The number of carbonyl (C=O) groups is 1. The van der Waals surface area contributed by atoms with E-state index in [2.05, 4.69) is 34.5 Å². The normalized spacial score (nSPS) is 19.2. The summed E-state index contributed by atoms with van der Waals surface area (Å²) in [6, 6.07) is 8.48. The number of rotatable bonds is 4. The first-order valence-corrected chi connectivity index (χ1v) is 10.3. The number of nitrogens with two attached hydrogens (primary N) is 1. The number of amides is 1. The van der Waals surface area contributed by atoms with Crippen molar-refractivity contribution in [1.82, 2.24) is 24.4 Å². The zero-order valence-corrected chi connectivity index (χ0v) is 16.9. The van der Waals surface area contributed by atoms with Crippen LogP contribution in [0.5, 0.6) is 0 Å². The molecule has 152 valence electrons. The Kier molecular flexibility index (Phi) is 4.58. The van der Waals surface area contributed by atoms with E-state index in [4.69, 9.17) is 10.7 Å². The van der Waals surface area contributed by atoms with Gasteiger partial charge in [0.25, 0.3) is 0 Å². The molecule has 3 heterocycles. The van der Waals surface area contributed by atoms with Crippen LogP contribution < -0.4 is 5.73 Å². The summed E-state index contributed by atoms with van der Waals surface area (Å²) in [5.74, 6) is 0.123. The van der Waals surface area contributed by atoms with Crippen molar-refractivity contribution in [2.45, 2.75) is 31.6 Å². The summed E-state index contributed by atoms with van der Waals surface area (Å²) in [6.07, 6.45) is 13.0. The quantitative estimate of drug-likeness (QED) is 0.567. The molecule has 2 N–H and O–H groups in total. The van der Waals surface area contributed by atoms with Crippen molar-refractivity contribution in [2.75, 3.05) is 0 Å². The highest BCUT2D eigenvalue weighted by atomic mass is 16.1. The molecule has 3 aromatic heterocycles. The van der Waals surface area contributed by atoms with E-state index in [0.29, 0.717) is 5.92 Å². The van der Waals surface area contributed by atoms with E-state index in [1.807, 2.05) is 42.5 Å². The second kappa shape index (κ2) is 7.40. The van der Waals surface area contributed by atoms with Crippen molar-refractivity contribution in [1.29, 1.82) is 0 Å². The van der Waals surface area contributed by atoms with E-state index >= 15 is 0 Å². The van der Waals surface area contributed by atoms with Crippen LogP contribution in [-0.4, -0.2) is 30.3 Å². The van der Waals surface area contributed by atoms with Gasteiger partial charge in [0, 0.05) is 48.6 Å². The Labute approximate surface area is 174 Å². The lowest BCUT2D eigenvalue weighted by atomic mass is 9.79. The number of primary amides is 1. The van der Waals surface area contributed by atoms with Crippen LogP contribution >= 0.6 is 0 Å². The van der Waals surface area contributed by atoms with E-state index in [1.165, 1.54) is 0 Å². The Bertz CT molecular complexity index is 1200. The summed E-state index contributed by atoms with van der Waals surface area (Å²) in [5.41, 5.74) is 12.0. The Balaban J connectivity index is 1.49. The lowest BCUT2D eigenvalue weighted by molar-refractivity contribution is -0.122. The summed E-state index contributed by atoms with van der Waals surface area (Å²) >= 11 is 0. The second-order valence-electron chi connectivity index (χ2n) is 8.09. The minimum atomic E-state index is -0.182. The van der Waals surface area contributed by atoms with Gasteiger partial charge in [0.1, 0.15) is 0 Å². The Morgan fingerprint density at radius 1 is 1.00 bits per heavy atom. The first-order valence-electron chi connectivity index (χ1n) is 10.3. The molecule has 1 aliphatic rings. The number of aryl methyl sites for hydroxylation is 1. The molecule has 1 aromatic carbocycles. The van der Waals surface area contributed by atoms with Gasteiger partial charge in [0.2, 0.25) is 5.91 Å². The summed E-state index contributed by atoms with van der Waals surface area (Å²) in [6.45, 7) is 0. The van der Waals surface area contributed by atoms with Crippen LogP contribution in [0.4, 0.5) is 0 Å². The van der Waals surface area contributed by atoms with Crippen molar-refractivity contribution in [3.05, 3.63) is 60.9 Å². The van der Waals surface area contributed by atoms with Gasteiger partial charge in [-0.1, -0.05) is 24.3 Å². The van der Waals surface area contributed by atoms with E-state index in [0.717, 1.165) is 59.1 Å². The molecule has 30 heavy (non-hydrogen) atoms. The third kappa shape index (κ3) is 3.26. The maximum atomic E-state index is 11.5. The van der Waals surface area contributed by atoms with Gasteiger partial charge in [-0.2, -0.15) is 10.2 Å². The highest BCUT2D eigenvalue weighted by Gasteiger charge is 2.28. The minimum Gasteiger partial charge on any atom is -0.369 e. The van der Waals surface area contributed by atoms with E-state index in [-0.39, 0.29) is 11.8 Å². The Morgan fingerprint density at radius 3 is 2.40 bits per heavy atom. The van der Waals surface area contributed by atoms with Crippen LogP contribution in [0.25, 0.3) is 27.8 Å². The molecule has 0 spiro atoms. The monoisotopic (exact) mass is 400 g/mol. The van der Waals surface area contributed by atoms with Crippen molar-refractivity contribution in [3.63, 3.8) is 0 Å². The van der Waals surface area contributed by atoms with Gasteiger partial charge < -0.3 is 5.73 Å². The van der Waals surface area contributed by atoms with E-state index < -0.39 is 0 Å². The molecule has 0 unspecified atom stereocenters. The topological polar surface area (TPSA) is 91.1 Å². The number of hydrogen-bond acceptors (Lipinski definition) is 4. The molecule has 0 bridgehead atoms. The predicted molar refractivity (Wildman–Crippen MR) is 115 cm³/mol. The number of nitrogens with zero attached hydrogens (tertiary/aromatic N) is 5. The molecule has 1 amide bonds. The molecule has 0 saturated heterocycles. The molecular weight excluding hydrogens is 376 g/mol. The molecule has 1 fully saturated rings. The van der Waals surface area contributed by atoms with Gasteiger partial charge in [-0.15, -0.1) is 0 Å². The maximum Gasteiger partial charge on any atom is 0.220 e. The van der Waals surface area contributed by atoms with Crippen LogP contribution in [0.2, 0.25) is 0 Å². The summed E-state index contributed by atoms with van der Waals surface area (Å²) in [7, 11) is 1.92. The first kappa shape index (κ1) is 18.5. The molecule has 5 rings (SSSR count). The van der Waals surface area contributed by atoms with E-state index in [9.17, 15) is 4.79 Å². The number of hydrogen-bond donors (Lipinski definition) is 1. The van der Waals surface area contributed by atoms with Crippen LogP contribution in [0.1, 0.15) is 37.3 Å². The zero-order valence-electron chi connectivity index (χ0n) is 16.9. The molecule has 7 heteroatoms. The fourth-order valence-corrected chi connectivity index (χ4v) is 4.54. The molecule has 7 nitrogen and oxygen atoms in total. The highest BCUT2D eigenvalue weighted by molar-refractivity contribution is 5.83. The van der Waals surface area contributed by atoms with Crippen LogP contribution in [0.3, 0.4) is 0 Å². The largest absolute Gasteiger partial charge is 0.369 e.